The van der Waals surface area contributed by atoms with Crippen molar-refractivity contribution in [2.45, 2.75) is 77.5 Å². The molecule has 43 heavy (non-hydrogen) atoms. The van der Waals surface area contributed by atoms with Crippen LogP contribution in [0.15, 0.2) is 0 Å². The van der Waals surface area contributed by atoms with Gasteiger partial charge in [0.2, 0.25) is 0 Å². The fourth-order valence-corrected chi connectivity index (χ4v) is 5.92. The summed E-state index contributed by atoms with van der Waals surface area (Å²) in [5.41, 5.74) is 0. The molecular weight excluding hydrogens is 615 g/mol. The van der Waals surface area contributed by atoms with Crippen molar-refractivity contribution in [1.82, 2.24) is 0 Å². The zero-order valence-corrected chi connectivity index (χ0v) is 30.4. The molecule has 1 aliphatic rings. The molecule has 0 bridgehead atoms. The van der Waals surface area contributed by atoms with Gasteiger partial charge in [-0.1, -0.05) is 13.8 Å². The fraction of sp³-hybridized carbons (Fsp3) is 0.889. The molecule has 0 aromatic carbocycles. The van der Waals surface area contributed by atoms with E-state index >= 15 is 0 Å². The smallest absolute Gasteiger partial charge is 0.748 e. The third kappa shape index (κ3) is 20.2. The van der Waals surface area contributed by atoms with Crippen LogP contribution >= 0.6 is 0 Å². The van der Waals surface area contributed by atoms with Crippen molar-refractivity contribution in [3.63, 3.8) is 0 Å². The molecule has 4 atom stereocenters. The van der Waals surface area contributed by atoms with Gasteiger partial charge in [-0.3, -0.25) is 14.4 Å². The molecule has 1 rings (SSSR count). The van der Waals surface area contributed by atoms with Crippen molar-refractivity contribution in [2.24, 2.45) is 17.8 Å². The molecule has 1 saturated heterocycles. The number of hydrogen-bond donors (Lipinski definition) is 0. The second-order valence-electron chi connectivity index (χ2n) is 10.7. The molecule has 13 nitrogen and oxygen atoms in total. The summed E-state index contributed by atoms with van der Waals surface area (Å²) in [6, 6.07) is 0.650. The van der Waals surface area contributed by atoms with Crippen LogP contribution < -0.4 is 29.6 Å². The molecule has 246 valence electrons. The van der Waals surface area contributed by atoms with Crippen molar-refractivity contribution in [2.75, 3.05) is 59.6 Å². The van der Waals surface area contributed by atoms with Gasteiger partial charge in [0.15, 0.2) is 0 Å². The first-order chi connectivity index (χ1) is 19.8. The van der Waals surface area contributed by atoms with Crippen LogP contribution in [0.25, 0.3) is 0 Å². The van der Waals surface area contributed by atoms with Crippen molar-refractivity contribution < 1.29 is 89.4 Å². The Hall–Kier alpha value is -0.623. The number of rotatable bonds is 25. The summed E-state index contributed by atoms with van der Waals surface area (Å²) in [4.78, 5) is 38.4. The van der Waals surface area contributed by atoms with E-state index in [1.807, 2.05) is 6.55 Å². The molecule has 1 heterocycles. The van der Waals surface area contributed by atoms with Gasteiger partial charge in [0.25, 0.3) is 0 Å². The predicted octanol–water partition coefficient (Wildman–Crippen LogP) is -0.435. The van der Waals surface area contributed by atoms with E-state index in [-0.39, 0.29) is 74.7 Å². The Bertz CT molecular complexity index is 913. The van der Waals surface area contributed by atoms with Gasteiger partial charge < -0.3 is 37.1 Å². The Morgan fingerprint density at radius 1 is 0.884 bits per heavy atom. The minimum absolute atomic E-state index is 0. The van der Waals surface area contributed by atoms with Crippen LogP contribution in [-0.2, 0) is 57.0 Å². The average Bonchev–Trinajstić information content (AvgIpc) is 3.78. The van der Waals surface area contributed by atoms with E-state index in [0.29, 0.717) is 44.9 Å². The summed E-state index contributed by atoms with van der Waals surface area (Å²) in [7, 11) is -3.49. The molecule has 0 aromatic rings. The summed E-state index contributed by atoms with van der Waals surface area (Å²) in [6.45, 7) is 7.28. The molecule has 0 amide bonds. The van der Waals surface area contributed by atoms with Crippen molar-refractivity contribution in [3.8, 4) is 0 Å². The largest absolute Gasteiger partial charge is 1.00 e. The SMILES string of the molecule is CCC(CC(CC(C)C(=O)OCCC[Si](C)(OC)OC)C(=O)OCCCCOCC1CO1)C(=O)OCCCS(=O)(=O)[O-].[Na+]. The number of carbonyl (C=O) groups excluding carboxylic acids is 3. The Labute approximate surface area is 279 Å². The summed E-state index contributed by atoms with van der Waals surface area (Å²) in [6.07, 6.45) is 2.49. The zero-order chi connectivity index (χ0) is 31.6. The van der Waals surface area contributed by atoms with E-state index in [1.54, 1.807) is 28.1 Å². The molecular formula is C27H49NaO13SSi. The Kier molecular flexibility index (Phi) is 22.5. The zero-order valence-electron chi connectivity index (χ0n) is 26.6. The molecule has 0 aromatic heterocycles. The van der Waals surface area contributed by atoms with Gasteiger partial charge >= 0.3 is 56.0 Å². The molecule has 1 fully saturated rings. The van der Waals surface area contributed by atoms with Crippen LogP contribution in [0.3, 0.4) is 0 Å². The van der Waals surface area contributed by atoms with Crippen LogP contribution in [0, 0.1) is 17.8 Å². The van der Waals surface area contributed by atoms with E-state index in [9.17, 15) is 27.4 Å². The first-order valence-corrected chi connectivity index (χ1v) is 18.7. The van der Waals surface area contributed by atoms with E-state index < -0.39 is 60.1 Å². The summed E-state index contributed by atoms with van der Waals surface area (Å²) in [5, 5.41) is 0. The van der Waals surface area contributed by atoms with E-state index in [0.717, 1.165) is 6.61 Å². The van der Waals surface area contributed by atoms with Gasteiger partial charge in [0.1, 0.15) is 6.10 Å². The topological polar surface area (TPSA) is 176 Å². The number of epoxide rings is 1. The minimum Gasteiger partial charge on any atom is -0.748 e. The van der Waals surface area contributed by atoms with Gasteiger partial charge in [-0.25, -0.2) is 8.42 Å². The predicted molar refractivity (Wildman–Crippen MR) is 153 cm³/mol. The third-order valence-electron chi connectivity index (χ3n) is 7.07. The van der Waals surface area contributed by atoms with E-state index in [2.05, 4.69) is 0 Å². The van der Waals surface area contributed by atoms with Gasteiger partial charge in [-0.2, -0.15) is 0 Å². The van der Waals surface area contributed by atoms with Gasteiger partial charge in [-0.15, -0.1) is 0 Å². The van der Waals surface area contributed by atoms with Gasteiger partial charge in [0.05, 0.1) is 60.9 Å². The second-order valence-corrected chi connectivity index (χ2v) is 15.8. The van der Waals surface area contributed by atoms with Crippen LogP contribution in [0.5, 0.6) is 0 Å². The van der Waals surface area contributed by atoms with Gasteiger partial charge in [0, 0.05) is 26.6 Å². The molecule has 0 radical (unpaired) electrons. The number of esters is 3. The maximum atomic E-state index is 13.1. The number of unbranched alkanes of at least 4 members (excludes halogenated alkanes) is 1. The van der Waals surface area contributed by atoms with Crippen LogP contribution in [-0.4, -0.2) is 105 Å². The first-order valence-electron chi connectivity index (χ1n) is 14.6. The molecule has 1 aliphatic heterocycles. The molecule has 0 saturated carbocycles. The minimum atomic E-state index is -4.41. The Balaban J connectivity index is 0.0000176. The van der Waals surface area contributed by atoms with Crippen molar-refractivity contribution in [3.05, 3.63) is 0 Å². The average molecular weight is 665 g/mol. The van der Waals surface area contributed by atoms with E-state index in [4.69, 9.17) is 32.5 Å². The Morgan fingerprint density at radius 3 is 1.98 bits per heavy atom. The standard InChI is InChI=1S/C27H50O13SSi.Na/c1-6-22(26(29)39-13-9-15-41(31,32)33)18-23(27(30)38-12-8-7-11-36-19-24-20-40-24)17-21(2)25(28)37-14-10-16-42(5,34-3)35-4;/h21-24H,6-20H2,1-5H3,(H,31,32,33);/q;+1/p-1. The molecule has 4 unspecified atom stereocenters. The van der Waals surface area contributed by atoms with E-state index in [1.165, 1.54) is 0 Å². The summed E-state index contributed by atoms with van der Waals surface area (Å²) in [5.74, 6) is -4.31. The third-order valence-corrected chi connectivity index (χ3v) is 10.8. The summed E-state index contributed by atoms with van der Waals surface area (Å²) < 4.78 is 69.9. The van der Waals surface area contributed by atoms with Gasteiger partial charge in [-0.05, 0) is 57.5 Å². The quantitative estimate of drug-likeness (QED) is 0.0307. The number of hydrogen-bond acceptors (Lipinski definition) is 13. The number of ether oxygens (including phenoxy) is 5. The molecule has 16 heteroatoms. The molecule has 0 N–H and O–H groups in total. The van der Waals surface area contributed by atoms with Crippen LogP contribution in [0.4, 0.5) is 0 Å². The van der Waals surface area contributed by atoms with Crippen LogP contribution in [0.1, 0.15) is 58.8 Å². The van der Waals surface area contributed by atoms with Crippen LogP contribution in [0.2, 0.25) is 12.6 Å². The second kappa shape index (κ2) is 22.8. The molecule has 0 aliphatic carbocycles. The molecule has 0 spiro atoms. The Morgan fingerprint density at radius 2 is 1.42 bits per heavy atom. The first kappa shape index (κ1) is 42.4. The summed E-state index contributed by atoms with van der Waals surface area (Å²) >= 11 is 0. The maximum absolute atomic E-state index is 13.1. The maximum Gasteiger partial charge on any atom is 1.00 e. The van der Waals surface area contributed by atoms with Crippen molar-refractivity contribution >= 4 is 36.6 Å². The fourth-order valence-electron chi connectivity index (χ4n) is 4.08. The van der Waals surface area contributed by atoms with Crippen molar-refractivity contribution in [1.29, 1.82) is 0 Å². The number of carbonyl (C=O) groups is 3. The normalized spacial score (nSPS) is 16.8. The monoisotopic (exact) mass is 664 g/mol.